The maximum absolute atomic E-state index is 11.8. The van der Waals surface area contributed by atoms with E-state index in [0.717, 1.165) is 5.69 Å². The summed E-state index contributed by atoms with van der Waals surface area (Å²) < 4.78 is 1.86. The molecule has 0 radical (unpaired) electrons. The van der Waals surface area contributed by atoms with Crippen LogP contribution >= 0.6 is 15.9 Å². The number of nitrogens with one attached hydrogen (secondary N) is 1. The molecule has 2 heterocycles. The summed E-state index contributed by atoms with van der Waals surface area (Å²) in [5.41, 5.74) is 1.29. The van der Waals surface area contributed by atoms with Crippen LogP contribution in [0.25, 0.3) is 0 Å². The Morgan fingerprint density at radius 3 is 3.00 bits per heavy atom. The molecule has 0 unspecified atom stereocenters. The highest BCUT2D eigenvalue weighted by Gasteiger charge is 2.07. The lowest BCUT2D eigenvalue weighted by Crippen LogP contribution is -2.23. The zero-order chi connectivity index (χ0) is 13.0. The summed E-state index contributed by atoms with van der Waals surface area (Å²) in [5, 5.41) is 14.9. The zero-order valence-corrected chi connectivity index (χ0v) is 11.4. The van der Waals surface area contributed by atoms with Gasteiger partial charge in [0.2, 0.25) is 0 Å². The Hall–Kier alpha value is -1.76. The Balaban J connectivity index is 2.16. The van der Waals surface area contributed by atoms with Crippen LogP contribution in [0.15, 0.2) is 33.8 Å². The van der Waals surface area contributed by atoms with E-state index >= 15 is 0 Å². The number of anilines is 1. The van der Waals surface area contributed by atoms with Crippen LogP contribution in [0.2, 0.25) is 0 Å². The summed E-state index contributed by atoms with van der Waals surface area (Å²) in [7, 11) is 0. The number of nitrogens with zero attached hydrogens (tertiary/aromatic N) is 4. The molecule has 0 fully saturated rings. The molecule has 2 aromatic heterocycles. The van der Waals surface area contributed by atoms with E-state index in [1.54, 1.807) is 12.4 Å². The molecule has 0 atom stereocenters. The summed E-state index contributed by atoms with van der Waals surface area (Å²) in [6, 6.07) is 3.67. The molecule has 0 aliphatic carbocycles. The molecule has 0 saturated carbocycles. The van der Waals surface area contributed by atoms with Crippen LogP contribution in [-0.2, 0) is 13.1 Å². The molecule has 2 rings (SSSR count). The number of aryl methyl sites for hydroxylation is 1. The topological polar surface area (TPSA) is 72.7 Å². The Bertz CT molecular complexity index is 584. The van der Waals surface area contributed by atoms with Gasteiger partial charge in [0.15, 0.2) is 0 Å². The molecule has 2 aromatic rings. The fraction of sp³-hybridized carbons (Fsp3) is 0.273. The summed E-state index contributed by atoms with van der Waals surface area (Å²) in [6.07, 6.45) is 3.23. The van der Waals surface area contributed by atoms with E-state index in [1.807, 2.05) is 19.1 Å². The molecule has 6 nitrogen and oxygen atoms in total. The first kappa shape index (κ1) is 12.7. The van der Waals surface area contributed by atoms with Gasteiger partial charge in [-0.15, -0.1) is 0 Å². The van der Waals surface area contributed by atoms with Crippen molar-refractivity contribution in [3.05, 3.63) is 45.0 Å². The third-order valence-corrected chi connectivity index (χ3v) is 3.14. The average Bonchev–Trinajstić information content (AvgIpc) is 2.42. The molecule has 0 aliphatic rings. The first-order chi connectivity index (χ1) is 8.72. The third kappa shape index (κ3) is 2.73. The number of rotatable bonds is 4. The first-order valence-corrected chi connectivity index (χ1v) is 6.27. The quantitative estimate of drug-likeness (QED) is 0.925. The average molecular weight is 310 g/mol. The van der Waals surface area contributed by atoms with Crippen molar-refractivity contribution in [2.75, 3.05) is 5.32 Å². The summed E-state index contributed by atoms with van der Waals surface area (Å²) >= 11 is 3.27. The lowest BCUT2D eigenvalue weighted by molar-refractivity contribution is 0.612. The van der Waals surface area contributed by atoms with Crippen molar-refractivity contribution in [3.63, 3.8) is 0 Å². The Labute approximate surface area is 112 Å². The standard InChI is InChI=1S/C11H12BrN5O/c1-2-17-11(18)10(12)9(7-15-17)13-6-8-4-3-5-14-16-8/h3-5,7,13H,2,6H2,1H3. The van der Waals surface area contributed by atoms with E-state index in [9.17, 15) is 4.79 Å². The van der Waals surface area contributed by atoms with Crippen molar-refractivity contribution in [1.29, 1.82) is 0 Å². The van der Waals surface area contributed by atoms with E-state index in [-0.39, 0.29) is 5.56 Å². The van der Waals surface area contributed by atoms with Crippen molar-refractivity contribution in [2.24, 2.45) is 0 Å². The smallest absolute Gasteiger partial charge is 0.283 e. The van der Waals surface area contributed by atoms with Crippen LogP contribution in [0.5, 0.6) is 0 Å². The van der Waals surface area contributed by atoms with Crippen LogP contribution in [-0.4, -0.2) is 20.0 Å². The highest BCUT2D eigenvalue weighted by atomic mass is 79.9. The van der Waals surface area contributed by atoms with Crippen molar-refractivity contribution in [1.82, 2.24) is 20.0 Å². The molecule has 0 aromatic carbocycles. The van der Waals surface area contributed by atoms with Gasteiger partial charge in [0.1, 0.15) is 4.47 Å². The van der Waals surface area contributed by atoms with Crippen LogP contribution in [0.1, 0.15) is 12.6 Å². The SMILES string of the molecule is CCn1ncc(NCc2cccnn2)c(Br)c1=O. The van der Waals surface area contributed by atoms with E-state index in [2.05, 4.69) is 36.5 Å². The molecule has 0 spiro atoms. The molecule has 94 valence electrons. The molecule has 0 aliphatic heterocycles. The molecule has 0 amide bonds. The molecule has 0 saturated heterocycles. The van der Waals surface area contributed by atoms with Crippen LogP contribution < -0.4 is 10.9 Å². The Kier molecular flexibility index (Phi) is 4.03. The highest BCUT2D eigenvalue weighted by molar-refractivity contribution is 9.10. The monoisotopic (exact) mass is 309 g/mol. The van der Waals surface area contributed by atoms with Crippen LogP contribution in [0.3, 0.4) is 0 Å². The van der Waals surface area contributed by atoms with E-state index < -0.39 is 0 Å². The van der Waals surface area contributed by atoms with Gasteiger partial charge in [0, 0.05) is 12.7 Å². The molecule has 18 heavy (non-hydrogen) atoms. The Morgan fingerprint density at radius 2 is 2.33 bits per heavy atom. The molecular formula is C11H12BrN5O. The minimum atomic E-state index is -0.151. The lowest BCUT2D eigenvalue weighted by atomic mass is 10.3. The first-order valence-electron chi connectivity index (χ1n) is 5.48. The lowest BCUT2D eigenvalue weighted by Gasteiger charge is -2.08. The molecular weight excluding hydrogens is 298 g/mol. The maximum atomic E-state index is 11.8. The molecule has 0 bridgehead atoms. The van der Waals surface area contributed by atoms with Crippen LogP contribution in [0, 0.1) is 0 Å². The second-order valence-electron chi connectivity index (χ2n) is 3.56. The van der Waals surface area contributed by atoms with Gasteiger partial charge < -0.3 is 5.32 Å². The minimum Gasteiger partial charge on any atom is -0.377 e. The van der Waals surface area contributed by atoms with Gasteiger partial charge >= 0.3 is 0 Å². The fourth-order valence-corrected chi connectivity index (χ4v) is 1.87. The number of hydrogen-bond acceptors (Lipinski definition) is 5. The molecule has 1 N–H and O–H groups in total. The highest BCUT2D eigenvalue weighted by Crippen LogP contribution is 2.16. The second-order valence-corrected chi connectivity index (χ2v) is 4.35. The molecule has 7 heteroatoms. The number of hydrogen-bond donors (Lipinski definition) is 1. The van der Waals surface area contributed by atoms with Crippen molar-refractivity contribution in [3.8, 4) is 0 Å². The summed E-state index contributed by atoms with van der Waals surface area (Å²) in [5.74, 6) is 0. The van der Waals surface area contributed by atoms with Gasteiger partial charge in [-0.1, -0.05) is 0 Å². The van der Waals surface area contributed by atoms with Crippen molar-refractivity contribution in [2.45, 2.75) is 20.0 Å². The van der Waals surface area contributed by atoms with E-state index in [0.29, 0.717) is 23.2 Å². The van der Waals surface area contributed by atoms with Gasteiger partial charge in [-0.25, -0.2) is 4.68 Å². The predicted octanol–water partition coefficient (Wildman–Crippen LogP) is 1.43. The van der Waals surface area contributed by atoms with Gasteiger partial charge in [-0.3, -0.25) is 4.79 Å². The van der Waals surface area contributed by atoms with Crippen LogP contribution in [0.4, 0.5) is 5.69 Å². The van der Waals surface area contributed by atoms with E-state index in [4.69, 9.17) is 0 Å². The van der Waals surface area contributed by atoms with Crippen molar-refractivity contribution >= 4 is 21.6 Å². The maximum Gasteiger partial charge on any atom is 0.283 e. The van der Waals surface area contributed by atoms with Gasteiger partial charge in [0.05, 0.1) is 24.1 Å². The second kappa shape index (κ2) is 5.72. The Morgan fingerprint density at radius 1 is 1.50 bits per heavy atom. The third-order valence-electron chi connectivity index (χ3n) is 2.37. The zero-order valence-electron chi connectivity index (χ0n) is 9.80. The van der Waals surface area contributed by atoms with Gasteiger partial charge in [-0.05, 0) is 35.0 Å². The number of halogens is 1. The largest absolute Gasteiger partial charge is 0.377 e. The normalized spacial score (nSPS) is 10.3. The van der Waals surface area contributed by atoms with Gasteiger partial charge in [-0.2, -0.15) is 15.3 Å². The summed E-state index contributed by atoms with van der Waals surface area (Å²) in [6.45, 7) is 2.90. The predicted molar refractivity (Wildman–Crippen MR) is 71.2 cm³/mol. The number of aromatic nitrogens is 4. The van der Waals surface area contributed by atoms with Crippen molar-refractivity contribution < 1.29 is 0 Å². The minimum absolute atomic E-state index is 0.151. The van der Waals surface area contributed by atoms with E-state index in [1.165, 1.54) is 4.68 Å². The fourth-order valence-electron chi connectivity index (χ4n) is 1.43. The summed E-state index contributed by atoms with van der Waals surface area (Å²) in [4.78, 5) is 11.8. The van der Waals surface area contributed by atoms with Gasteiger partial charge in [0.25, 0.3) is 5.56 Å².